The van der Waals surface area contributed by atoms with Gasteiger partial charge in [-0.25, -0.2) is 0 Å². The van der Waals surface area contributed by atoms with Crippen molar-refractivity contribution in [2.24, 2.45) is 5.92 Å². The van der Waals surface area contributed by atoms with E-state index in [1.54, 1.807) is 15.6 Å². The summed E-state index contributed by atoms with van der Waals surface area (Å²) < 4.78 is 1.67. The highest BCUT2D eigenvalue weighted by Crippen LogP contribution is 2.21. The number of piperidine rings is 1. The molecule has 0 saturated carbocycles. The Morgan fingerprint density at radius 1 is 0.892 bits per heavy atom. The summed E-state index contributed by atoms with van der Waals surface area (Å²) in [6, 6.07) is 21.6. The van der Waals surface area contributed by atoms with E-state index in [1.165, 1.54) is 5.56 Å². The van der Waals surface area contributed by atoms with Gasteiger partial charge in [0.15, 0.2) is 5.69 Å². The van der Waals surface area contributed by atoms with Crippen LogP contribution in [0.3, 0.4) is 0 Å². The third-order valence-electron chi connectivity index (χ3n) is 7.23. The molecule has 1 N–H and O–H groups in total. The van der Waals surface area contributed by atoms with Gasteiger partial charge in [0.1, 0.15) is 5.69 Å². The average molecular weight is 500 g/mol. The van der Waals surface area contributed by atoms with Gasteiger partial charge in [-0.1, -0.05) is 60.7 Å². The lowest BCUT2D eigenvalue weighted by Crippen LogP contribution is -2.43. The first kappa shape index (κ1) is 24.7. The Hall–Kier alpha value is -3.94. The molecule has 2 aromatic carbocycles. The van der Waals surface area contributed by atoms with Crippen LogP contribution < -0.4 is 5.32 Å². The molecule has 8 nitrogen and oxygen atoms in total. The number of aromatic nitrogens is 2. The van der Waals surface area contributed by atoms with Crippen molar-refractivity contribution in [3.8, 4) is 0 Å². The molecular formula is C29H33N5O3. The van der Waals surface area contributed by atoms with Gasteiger partial charge in [0.2, 0.25) is 5.91 Å². The van der Waals surface area contributed by atoms with Crippen molar-refractivity contribution in [1.82, 2.24) is 24.9 Å². The molecular weight excluding hydrogens is 466 g/mol. The number of rotatable bonds is 7. The summed E-state index contributed by atoms with van der Waals surface area (Å²) in [5.74, 6) is -0.308. The standard InChI is InChI=1S/C29H33N5O3/c35-27(30-15-12-22-8-3-1-4-9-22)24-13-18-32(19-14-24)28(36)25-20-26-29(37)33(16-7-17-34(26)31-25)21-23-10-5-2-6-11-23/h1-6,8-11,20,24H,7,12-19,21H2,(H,30,35). The van der Waals surface area contributed by atoms with E-state index in [-0.39, 0.29) is 23.6 Å². The van der Waals surface area contributed by atoms with E-state index >= 15 is 0 Å². The summed E-state index contributed by atoms with van der Waals surface area (Å²) in [6.45, 7) is 3.41. The number of nitrogens with zero attached hydrogens (tertiary/aromatic N) is 4. The number of hydrogen-bond donors (Lipinski definition) is 1. The molecule has 8 heteroatoms. The Morgan fingerprint density at radius 2 is 1.57 bits per heavy atom. The van der Waals surface area contributed by atoms with Crippen LogP contribution in [0.5, 0.6) is 0 Å². The summed E-state index contributed by atoms with van der Waals surface area (Å²) in [4.78, 5) is 42.7. The third kappa shape index (κ3) is 5.90. The average Bonchev–Trinajstić information content (AvgIpc) is 3.31. The highest BCUT2D eigenvalue weighted by molar-refractivity contribution is 5.98. The zero-order valence-electron chi connectivity index (χ0n) is 21.0. The fourth-order valence-electron chi connectivity index (χ4n) is 5.12. The number of carbonyl (C=O) groups excluding carboxylic acids is 3. The minimum atomic E-state index is -0.175. The smallest absolute Gasteiger partial charge is 0.274 e. The van der Waals surface area contributed by atoms with E-state index in [0.29, 0.717) is 63.5 Å². The molecule has 0 aliphatic carbocycles. The van der Waals surface area contributed by atoms with Crippen LogP contribution in [0.4, 0.5) is 0 Å². The van der Waals surface area contributed by atoms with Gasteiger partial charge < -0.3 is 15.1 Å². The van der Waals surface area contributed by atoms with E-state index in [9.17, 15) is 14.4 Å². The molecule has 2 aliphatic heterocycles. The summed E-state index contributed by atoms with van der Waals surface area (Å²) in [5.41, 5.74) is 3.04. The Balaban J connectivity index is 1.15. The monoisotopic (exact) mass is 499 g/mol. The fraction of sp³-hybridized carbons (Fsp3) is 0.379. The molecule has 3 amide bonds. The van der Waals surface area contributed by atoms with Crippen molar-refractivity contribution >= 4 is 17.7 Å². The molecule has 37 heavy (non-hydrogen) atoms. The normalized spacial score (nSPS) is 16.3. The molecule has 0 bridgehead atoms. The summed E-state index contributed by atoms with van der Waals surface area (Å²) in [7, 11) is 0. The highest BCUT2D eigenvalue weighted by Gasteiger charge is 2.31. The van der Waals surface area contributed by atoms with Crippen molar-refractivity contribution in [2.75, 3.05) is 26.2 Å². The number of amides is 3. The second kappa shape index (κ2) is 11.4. The van der Waals surface area contributed by atoms with E-state index in [4.69, 9.17) is 0 Å². The van der Waals surface area contributed by atoms with Gasteiger partial charge in [0, 0.05) is 51.3 Å². The molecule has 0 unspecified atom stereocenters. The second-order valence-corrected chi connectivity index (χ2v) is 9.80. The molecule has 192 valence electrons. The summed E-state index contributed by atoms with van der Waals surface area (Å²) in [5, 5.41) is 7.54. The van der Waals surface area contributed by atoms with E-state index in [1.807, 2.05) is 53.4 Å². The van der Waals surface area contributed by atoms with Crippen molar-refractivity contribution in [1.29, 1.82) is 0 Å². The first-order chi connectivity index (χ1) is 18.1. The fourth-order valence-corrected chi connectivity index (χ4v) is 5.12. The van der Waals surface area contributed by atoms with Crippen LogP contribution in [0, 0.1) is 5.92 Å². The maximum absolute atomic E-state index is 13.2. The summed E-state index contributed by atoms with van der Waals surface area (Å²) >= 11 is 0. The maximum atomic E-state index is 13.2. The van der Waals surface area contributed by atoms with Crippen LogP contribution in [-0.4, -0.2) is 63.5 Å². The number of hydrogen-bond acceptors (Lipinski definition) is 4. The predicted molar refractivity (Wildman–Crippen MR) is 140 cm³/mol. The first-order valence-electron chi connectivity index (χ1n) is 13.1. The Morgan fingerprint density at radius 3 is 2.27 bits per heavy atom. The number of likely N-dealkylation sites (tertiary alicyclic amines) is 1. The van der Waals surface area contributed by atoms with E-state index in [0.717, 1.165) is 18.4 Å². The quantitative estimate of drug-likeness (QED) is 0.541. The molecule has 0 spiro atoms. The van der Waals surface area contributed by atoms with Crippen LogP contribution in [0.15, 0.2) is 66.7 Å². The van der Waals surface area contributed by atoms with Crippen molar-refractivity contribution in [3.05, 3.63) is 89.2 Å². The maximum Gasteiger partial charge on any atom is 0.274 e. The van der Waals surface area contributed by atoms with Crippen LogP contribution >= 0.6 is 0 Å². The zero-order chi connectivity index (χ0) is 25.6. The van der Waals surface area contributed by atoms with Gasteiger partial charge in [-0.2, -0.15) is 5.10 Å². The molecule has 3 aromatic rings. The Kier molecular flexibility index (Phi) is 7.63. The van der Waals surface area contributed by atoms with Crippen LogP contribution in [0.25, 0.3) is 0 Å². The lowest BCUT2D eigenvalue weighted by Gasteiger charge is -2.30. The molecule has 1 saturated heterocycles. The SMILES string of the molecule is O=C(NCCc1ccccc1)C1CCN(C(=O)c2cc3n(n2)CCCN(Cc2ccccc2)C3=O)CC1. The third-order valence-corrected chi connectivity index (χ3v) is 7.23. The highest BCUT2D eigenvalue weighted by atomic mass is 16.2. The number of benzene rings is 2. The minimum absolute atomic E-state index is 0.0563. The zero-order valence-corrected chi connectivity index (χ0v) is 21.0. The first-order valence-corrected chi connectivity index (χ1v) is 13.1. The lowest BCUT2D eigenvalue weighted by atomic mass is 9.95. The molecule has 3 heterocycles. The number of fused-ring (bicyclic) bond motifs is 1. The van der Waals surface area contributed by atoms with Crippen LogP contribution in [0.1, 0.15) is 51.4 Å². The lowest BCUT2D eigenvalue weighted by molar-refractivity contribution is -0.126. The van der Waals surface area contributed by atoms with Gasteiger partial charge in [-0.15, -0.1) is 0 Å². The van der Waals surface area contributed by atoms with Gasteiger partial charge in [0.05, 0.1) is 0 Å². The van der Waals surface area contributed by atoms with Crippen molar-refractivity contribution in [2.45, 2.75) is 38.8 Å². The molecule has 1 fully saturated rings. The topological polar surface area (TPSA) is 87.5 Å². The van der Waals surface area contributed by atoms with Gasteiger partial charge in [-0.05, 0) is 36.8 Å². The van der Waals surface area contributed by atoms with E-state index < -0.39 is 0 Å². The molecule has 0 atom stereocenters. The molecule has 2 aliphatic rings. The number of nitrogens with one attached hydrogen (secondary N) is 1. The Labute approximate surface area is 217 Å². The second-order valence-electron chi connectivity index (χ2n) is 9.80. The van der Waals surface area contributed by atoms with Crippen molar-refractivity contribution < 1.29 is 14.4 Å². The summed E-state index contributed by atoms with van der Waals surface area (Å²) in [6.07, 6.45) is 2.84. The largest absolute Gasteiger partial charge is 0.356 e. The van der Waals surface area contributed by atoms with Crippen molar-refractivity contribution in [3.63, 3.8) is 0 Å². The molecule has 1 aromatic heterocycles. The van der Waals surface area contributed by atoms with Gasteiger partial charge >= 0.3 is 0 Å². The number of aryl methyl sites for hydroxylation is 1. The number of carbonyl (C=O) groups is 3. The van der Waals surface area contributed by atoms with Gasteiger partial charge in [0.25, 0.3) is 11.8 Å². The predicted octanol–water partition coefficient (Wildman–Crippen LogP) is 3.14. The van der Waals surface area contributed by atoms with Crippen LogP contribution in [-0.2, 0) is 24.3 Å². The molecule has 5 rings (SSSR count). The molecule has 0 radical (unpaired) electrons. The van der Waals surface area contributed by atoms with Crippen LogP contribution in [0.2, 0.25) is 0 Å². The minimum Gasteiger partial charge on any atom is -0.356 e. The van der Waals surface area contributed by atoms with E-state index in [2.05, 4.69) is 22.5 Å². The van der Waals surface area contributed by atoms with Gasteiger partial charge in [-0.3, -0.25) is 19.1 Å². The Bertz CT molecular complexity index is 1230.